The Balaban J connectivity index is 1.93. The van der Waals surface area contributed by atoms with Crippen molar-refractivity contribution in [1.82, 2.24) is 10.0 Å². The zero-order valence-corrected chi connectivity index (χ0v) is 17.5. The predicted octanol–water partition coefficient (Wildman–Crippen LogP) is 1.28. The van der Waals surface area contributed by atoms with E-state index in [0.29, 0.717) is 12.1 Å². The molecule has 1 atom stereocenters. The van der Waals surface area contributed by atoms with Gasteiger partial charge in [-0.15, -0.1) is 0 Å². The number of hydrazone groups is 1. The second kappa shape index (κ2) is 7.63. The summed E-state index contributed by atoms with van der Waals surface area (Å²) in [6.45, 7) is 3.82. The number of sulfone groups is 1. The second-order valence-electron chi connectivity index (χ2n) is 7.60. The van der Waals surface area contributed by atoms with E-state index in [0.717, 1.165) is 11.1 Å². The number of rotatable bonds is 4. The Hall–Kier alpha value is -2.26. The minimum absolute atomic E-state index is 0.0518. The number of carbonyl (C=O) groups is 2. The van der Waals surface area contributed by atoms with Gasteiger partial charge in [0.25, 0.3) is 5.91 Å². The van der Waals surface area contributed by atoms with Crippen LogP contribution < -0.4 is 5.01 Å². The van der Waals surface area contributed by atoms with Gasteiger partial charge >= 0.3 is 0 Å². The summed E-state index contributed by atoms with van der Waals surface area (Å²) < 4.78 is 23.8. The molecule has 1 aromatic carbocycles. The van der Waals surface area contributed by atoms with Gasteiger partial charge in [-0.2, -0.15) is 5.10 Å². The van der Waals surface area contributed by atoms with Crippen LogP contribution in [-0.2, 0) is 19.4 Å². The Morgan fingerprint density at radius 3 is 2.54 bits per heavy atom. The van der Waals surface area contributed by atoms with Crippen LogP contribution in [-0.4, -0.2) is 67.6 Å². The molecular formula is C19H26N4O4S. The summed E-state index contributed by atoms with van der Waals surface area (Å²) >= 11 is 0. The Morgan fingerprint density at radius 1 is 1.21 bits per heavy atom. The van der Waals surface area contributed by atoms with Crippen LogP contribution in [0.1, 0.15) is 30.4 Å². The van der Waals surface area contributed by atoms with Crippen molar-refractivity contribution in [2.24, 2.45) is 5.10 Å². The van der Waals surface area contributed by atoms with Crippen molar-refractivity contribution in [2.45, 2.75) is 39.2 Å². The van der Waals surface area contributed by atoms with Gasteiger partial charge < -0.3 is 0 Å². The number of hydrazine groups is 1. The van der Waals surface area contributed by atoms with Gasteiger partial charge in [-0.1, -0.05) is 12.1 Å². The molecule has 0 radical (unpaired) electrons. The smallest absolute Gasteiger partial charge is 0.273 e. The minimum Gasteiger partial charge on any atom is -0.273 e. The molecule has 0 aromatic heterocycles. The van der Waals surface area contributed by atoms with E-state index in [2.05, 4.69) is 5.10 Å². The first-order valence-corrected chi connectivity index (χ1v) is 11.1. The lowest BCUT2D eigenvalue weighted by atomic mass is 10.1. The summed E-state index contributed by atoms with van der Waals surface area (Å²) in [4.78, 5) is 25.7. The molecule has 0 spiro atoms. The number of amides is 2. The molecule has 2 heterocycles. The zero-order chi connectivity index (χ0) is 20.6. The number of carbonyl (C=O) groups excluding carboxylic acids is 2. The van der Waals surface area contributed by atoms with Gasteiger partial charge in [-0.3, -0.25) is 14.6 Å². The van der Waals surface area contributed by atoms with Gasteiger partial charge in [0, 0.05) is 26.9 Å². The lowest BCUT2D eigenvalue weighted by Crippen LogP contribution is -2.53. The van der Waals surface area contributed by atoms with E-state index in [4.69, 9.17) is 0 Å². The lowest BCUT2D eigenvalue weighted by molar-refractivity contribution is -0.141. The maximum Gasteiger partial charge on any atom is 0.284 e. The van der Waals surface area contributed by atoms with E-state index in [-0.39, 0.29) is 41.9 Å². The van der Waals surface area contributed by atoms with E-state index in [9.17, 15) is 18.0 Å². The quantitative estimate of drug-likeness (QED) is 0.703. The van der Waals surface area contributed by atoms with Crippen molar-refractivity contribution in [3.8, 4) is 0 Å². The van der Waals surface area contributed by atoms with Crippen molar-refractivity contribution in [1.29, 1.82) is 0 Å². The van der Waals surface area contributed by atoms with Gasteiger partial charge in [-0.25, -0.2) is 18.4 Å². The molecule has 0 bridgehead atoms. The zero-order valence-electron chi connectivity index (χ0n) is 16.7. The maximum absolute atomic E-state index is 13.2. The molecule has 8 nitrogen and oxygen atoms in total. The summed E-state index contributed by atoms with van der Waals surface area (Å²) in [5.74, 6) is -0.487. The monoisotopic (exact) mass is 406 g/mol. The van der Waals surface area contributed by atoms with Crippen molar-refractivity contribution < 1.29 is 18.0 Å². The molecule has 1 saturated heterocycles. The fraction of sp³-hybridized carbons (Fsp3) is 0.526. The fourth-order valence-corrected chi connectivity index (χ4v) is 5.31. The molecular weight excluding hydrogens is 380 g/mol. The highest BCUT2D eigenvalue weighted by Gasteiger charge is 2.38. The Labute approximate surface area is 165 Å². The number of nitrogens with zero attached hydrogens (tertiary/aromatic N) is 4. The molecule has 2 amide bonds. The van der Waals surface area contributed by atoms with E-state index < -0.39 is 15.9 Å². The van der Waals surface area contributed by atoms with Crippen LogP contribution in [0.25, 0.3) is 0 Å². The molecule has 1 unspecified atom stereocenters. The van der Waals surface area contributed by atoms with Crippen LogP contribution in [0, 0.1) is 13.8 Å². The lowest BCUT2D eigenvalue weighted by Gasteiger charge is -2.35. The molecule has 152 valence electrons. The largest absolute Gasteiger partial charge is 0.284 e. The third-order valence-electron chi connectivity index (χ3n) is 5.07. The average molecular weight is 407 g/mol. The van der Waals surface area contributed by atoms with Gasteiger partial charge in [0.2, 0.25) is 5.91 Å². The van der Waals surface area contributed by atoms with Crippen LogP contribution >= 0.6 is 0 Å². The number of benzene rings is 1. The van der Waals surface area contributed by atoms with Gasteiger partial charge in [0.15, 0.2) is 9.84 Å². The van der Waals surface area contributed by atoms with Crippen LogP contribution in [0.15, 0.2) is 23.3 Å². The molecule has 2 aliphatic heterocycles. The topological polar surface area (TPSA) is 90.4 Å². The molecule has 1 aromatic rings. The first-order chi connectivity index (χ1) is 13.1. The van der Waals surface area contributed by atoms with Crippen LogP contribution in [0.4, 0.5) is 5.69 Å². The second-order valence-corrected chi connectivity index (χ2v) is 9.82. The number of hydrogen-bond donors (Lipinski definition) is 0. The Morgan fingerprint density at radius 2 is 1.93 bits per heavy atom. The van der Waals surface area contributed by atoms with Crippen LogP contribution in [0.3, 0.4) is 0 Å². The minimum atomic E-state index is -3.14. The number of aryl methyl sites for hydroxylation is 2. The van der Waals surface area contributed by atoms with Crippen molar-refractivity contribution in [3.05, 3.63) is 29.3 Å². The molecule has 0 saturated carbocycles. The van der Waals surface area contributed by atoms with E-state index in [1.54, 1.807) is 19.1 Å². The van der Waals surface area contributed by atoms with Gasteiger partial charge in [-0.05, 0) is 37.5 Å². The van der Waals surface area contributed by atoms with Crippen molar-refractivity contribution in [3.63, 3.8) is 0 Å². The third kappa shape index (κ3) is 4.10. The normalized spacial score (nSPS) is 21.8. The maximum atomic E-state index is 13.2. The third-order valence-corrected chi connectivity index (χ3v) is 6.82. The van der Waals surface area contributed by atoms with Crippen LogP contribution in [0.5, 0.6) is 0 Å². The van der Waals surface area contributed by atoms with Crippen molar-refractivity contribution in [2.75, 3.05) is 30.6 Å². The highest BCUT2D eigenvalue weighted by Crippen LogP contribution is 2.26. The predicted molar refractivity (Wildman–Crippen MR) is 108 cm³/mol. The van der Waals surface area contributed by atoms with Crippen molar-refractivity contribution >= 4 is 33.1 Å². The highest BCUT2D eigenvalue weighted by molar-refractivity contribution is 7.91. The Bertz CT molecular complexity index is 939. The summed E-state index contributed by atoms with van der Waals surface area (Å²) in [6.07, 6.45) is 0.824. The fourth-order valence-electron chi connectivity index (χ4n) is 3.62. The molecule has 1 fully saturated rings. The molecule has 0 N–H and O–H groups in total. The molecule has 3 rings (SSSR count). The summed E-state index contributed by atoms with van der Waals surface area (Å²) in [7, 11) is 0.280. The summed E-state index contributed by atoms with van der Waals surface area (Å²) in [5, 5.41) is 8.75. The summed E-state index contributed by atoms with van der Waals surface area (Å²) in [5.41, 5.74) is 2.81. The molecule has 9 heteroatoms. The molecule has 0 aliphatic carbocycles. The first-order valence-electron chi connectivity index (χ1n) is 9.28. The Kier molecular flexibility index (Phi) is 5.58. The van der Waals surface area contributed by atoms with E-state index in [1.165, 1.54) is 10.0 Å². The first kappa shape index (κ1) is 20.5. The van der Waals surface area contributed by atoms with Gasteiger partial charge in [0.05, 0.1) is 23.2 Å². The van der Waals surface area contributed by atoms with E-state index >= 15 is 0 Å². The molecule has 2 aliphatic rings. The SMILES string of the molecule is Cc1ccc(C)c(N2N=C(C(=O)N(C3CCS(=O)(=O)C3)N(C)C)CCC2=O)c1. The van der Waals surface area contributed by atoms with E-state index in [1.807, 2.05) is 32.0 Å². The number of hydrogen-bond acceptors (Lipinski definition) is 6. The summed E-state index contributed by atoms with van der Waals surface area (Å²) in [6, 6.07) is 5.33. The molecule has 28 heavy (non-hydrogen) atoms. The van der Waals surface area contributed by atoms with Gasteiger partial charge in [0.1, 0.15) is 5.71 Å². The average Bonchev–Trinajstić information content (AvgIpc) is 2.96. The van der Waals surface area contributed by atoms with Crippen LogP contribution in [0.2, 0.25) is 0 Å². The number of anilines is 1. The standard InChI is InChI=1S/C19H26N4O4S/c1-13-5-6-14(2)17(11-13)22-18(24)8-7-16(20-22)19(25)23(21(3)4)15-9-10-28(26,27)12-15/h5-6,11,15H,7-10,12H2,1-4H3. The highest BCUT2D eigenvalue weighted by atomic mass is 32.2.